The van der Waals surface area contributed by atoms with Crippen molar-refractivity contribution < 1.29 is 0 Å². The van der Waals surface area contributed by atoms with Crippen molar-refractivity contribution in [3.05, 3.63) is 401 Å². The van der Waals surface area contributed by atoms with Crippen LogP contribution < -0.4 is 0 Å². The lowest BCUT2D eigenvalue weighted by Crippen LogP contribution is -2.28. The van der Waals surface area contributed by atoms with Crippen LogP contribution in [0.1, 0.15) is 50.1 Å². The van der Waals surface area contributed by atoms with Crippen molar-refractivity contribution in [2.24, 2.45) is 0 Å². The number of nitrogens with zero attached hydrogens (tertiary/aromatic N) is 6. The summed E-state index contributed by atoms with van der Waals surface area (Å²) in [6.07, 6.45) is 0. The van der Waals surface area contributed by atoms with Crippen LogP contribution in [0.4, 0.5) is 5.69 Å². The first kappa shape index (κ1) is 55.7. The first-order valence-corrected chi connectivity index (χ1v) is 34.2. The lowest BCUT2D eigenvalue weighted by molar-refractivity contribution is 0.769. The smallest absolute Gasteiger partial charge is 0.237 e. The molecule has 19 aromatic rings. The predicted molar refractivity (Wildman–Crippen MR) is 409 cm³/mol. The number of para-hydroxylation sites is 6. The SMILES string of the molecule is [C-]#[N+]c1c(-n2c3ccccc3c3cc4c(cc32)C(c2ccccc2)(c2ccccc2)c2ccccc2-4)c(C#N)c(-n2c3ccccc3c3ccccc32)c(-n2c3ccccc3c3cc4c(cc32)C(c2ccccc2)(c2ccccc2)c2ccccc2-4)c1-n1c2ccccc2c2ccccc21. The van der Waals surface area contributed by atoms with E-state index in [2.05, 4.69) is 364 Å². The molecule has 6 nitrogen and oxygen atoms in total. The summed E-state index contributed by atoms with van der Waals surface area (Å²) < 4.78 is 9.45. The van der Waals surface area contributed by atoms with Crippen LogP contribution in [0, 0.1) is 17.9 Å². The van der Waals surface area contributed by atoms with Gasteiger partial charge in [-0.3, -0.25) is 0 Å². The van der Waals surface area contributed by atoms with E-state index >= 15 is 0 Å². The largest absolute Gasteiger partial charge is 0.318 e. The fraction of sp³-hybridized carbons (Fsp3) is 0.0213. The Morgan fingerprint density at radius 3 is 0.870 bits per heavy atom. The monoisotopic (exact) mass is 1270 g/mol. The maximum Gasteiger partial charge on any atom is 0.237 e. The molecule has 462 valence electrons. The average Bonchev–Trinajstić information content (AvgIpc) is 1.50. The zero-order valence-electron chi connectivity index (χ0n) is 54.0. The van der Waals surface area contributed by atoms with Crippen molar-refractivity contribution >= 4 is 92.9 Å². The van der Waals surface area contributed by atoms with Crippen molar-refractivity contribution in [1.29, 1.82) is 5.26 Å². The molecule has 6 heteroatoms. The van der Waals surface area contributed by atoms with E-state index in [4.69, 9.17) is 4.85 Å². The lowest BCUT2D eigenvalue weighted by Gasteiger charge is -2.34. The Morgan fingerprint density at radius 1 is 0.250 bits per heavy atom. The highest BCUT2D eigenvalue weighted by atomic mass is 15.1. The minimum atomic E-state index is -0.757. The second kappa shape index (κ2) is 21.0. The summed E-state index contributed by atoms with van der Waals surface area (Å²) in [5, 5.41) is 21.6. The van der Waals surface area contributed by atoms with E-state index in [1.54, 1.807) is 0 Å². The van der Waals surface area contributed by atoms with Gasteiger partial charge in [0.1, 0.15) is 6.07 Å². The van der Waals surface area contributed by atoms with Crippen LogP contribution in [-0.4, -0.2) is 18.3 Å². The molecule has 0 N–H and O–H groups in total. The van der Waals surface area contributed by atoms with Gasteiger partial charge < -0.3 is 18.3 Å². The third-order valence-electron chi connectivity index (χ3n) is 22.2. The van der Waals surface area contributed by atoms with E-state index in [-0.39, 0.29) is 0 Å². The molecule has 4 aromatic heterocycles. The van der Waals surface area contributed by atoms with Gasteiger partial charge in [0.25, 0.3) is 0 Å². The summed E-state index contributed by atoms with van der Waals surface area (Å²) in [6, 6.07) is 126. The molecule has 0 spiro atoms. The second-order valence-electron chi connectivity index (χ2n) is 26.7. The summed E-state index contributed by atoms with van der Waals surface area (Å²) in [4.78, 5) is 5.05. The van der Waals surface area contributed by atoms with Crippen LogP contribution in [-0.2, 0) is 10.8 Å². The Hall–Kier alpha value is -13.5. The number of nitriles is 1. The highest BCUT2D eigenvalue weighted by Gasteiger charge is 2.49. The van der Waals surface area contributed by atoms with E-state index in [1.807, 2.05) is 0 Å². The van der Waals surface area contributed by atoms with Crippen molar-refractivity contribution in [2.75, 3.05) is 0 Å². The number of hydrogen-bond acceptors (Lipinski definition) is 1. The fourth-order valence-corrected chi connectivity index (χ4v) is 18.4. The van der Waals surface area contributed by atoms with Crippen molar-refractivity contribution in [3.8, 4) is 51.1 Å². The third kappa shape index (κ3) is 7.17. The van der Waals surface area contributed by atoms with Crippen molar-refractivity contribution in [3.63, 3.8) is 0 Å². The summed E-state index contributed by atoms with van der Waals surface area (Å²) in [7, 11) is 0. The molecular formula is C94H56N6. The first-order chi connectivity index (χ1) is 49.6. The lowest BCUT2D eigenvalue weighted by atomic mass is 9.67. The van der Waals surface area contributed by atoms with Gasteiger partial charge in [-0.05, 0) is 127 Å². The first-order valence-electron chi connectivity index (χ1n) is 34.2. The number of hydrogen-bond donors (Lipinski definition) is 0. The molecule has 2 aliphatic rings. The van der Waals surface area contributed by atoms with E-state index in [9.17, 15) is 11.8 Å². The Balaban J connectivity index is 1.01. The van der Waals surface area contributed by atoms with Crippen LogP contribution in [0.3, 0.4) is 0 Å². The molecule has 100 heavy (non-hydrogen) atoms. The number of benzene rings is 15. The molecule has 2 aliphatic carbocycles. The van der Waals surface area contributed by atoms with Crippen LogP contribution in [0.15, 0.2) is 340 Å². The minimum Gasteiger partial charge on any atom is -0.318 e. The Kier molecular flexibility index (Phi) is 11.7. The van der Waals surface area contributed by atoms with Gasteiger partial charge in [-0.1, -0.05) is 279 Å². The molecule has 21 rings (SSSR count). The quantitative estimate of drug-likeness (QED) is 0.140. The van der Waals surface area contributed by atoms with Gasteiger partial charge in [0.2, 0.25) is 5.69 Å². The van der Waals surface area contributed by atoms with Gasteiger partial charge in [-0.2, -0.15) is 5.26 Å². The molecule has 0 unspecified atom stereocenters. The molecule has 0 amide bonds. The highest BCUT2D eigenvalue weighted by Crippen LogP contribution is 2.61. The normalized spacial score (nSPS) is 13.3. The van der Waals surface area contributed by atoms with E-state index in [1.165, 1.54) is 22.3 Å². The molecule has 0 bridgehead atoms. The van der Waals surface area contributed by atoms with Crippen LogP contribution in [0.25, 0.3) is 137 Å². The molecule has 0 radical (unpaired) electrons. The summed E-state index contributed by atoms with van der Waals surface area (Å²) in [5.41, 5.74) is 22.9. The molecule has 0 saturated carbocycles. The maximum absolute atomic E-state index is 13.3. The molecular weight excluding hydrogens is 1210 g/mol. The number of rotatable bonds is 8. The fourth-order valence-electron chi connectivity index (χ4n) is 18.4. The number of aromatic nitrogens is 4. The van der Waals surface area contributed by atoms with Gasteiger partial charge in [0.05, 0.1) is 89.8 Å². The van der Waals surface area contributed by atoms with E-state index < -0.39 is 10.8 Å². The molecule has 0 saturated heterocycles. The molecule has 0 fully saturated rings. The highest BCUT2D eigenvalue weighted by molar-refractivity contribution is 6.18. The predicted octanol–water partition coefficient (Wildman–Crippen LogP) is 23.2. The average molecular weight is 1270 g/mol. The third-order valence-corrected chi connectivity index (χ3v) is 22.2. The van der Waals surface area contributed by atoms with Gasteiger partial charge in [0.15, 0.2) is 0 Å². The van der Waals surface area contributed by atoms with Crippen molar-refractivity contribution in [2.45, 2.75) is 10.8 Å². The maximum atomic E-state index is 13.3. The Bertz CT molecular complexity index is 6450. The summed E-state index contributed by atoms with van der Waals surface area (Å²) in [6.45, 7) is 10.4. The van der Waals surface area contributed by atoms with E-state index in [0.717, 1.165) is 132 Å². The zero-order chi connectivity index (χ0) is 66.0. The number of fused-ring (bicyclic) bond motifs is 18. The van der Waals surface area contributed by atoms with Gasteiger partial charge in [-0.25, -0.2) is 4.85 Å². The Morgan fingerprint density at radius 2 is 0.530 bits per heavy atom. The molecule has 0 aliphatic heterocycles. The van der Waals surface area contributed by atoms with Crippen LogP contribution >= 0.6 is 0 Å². The molecule has 4 heterocycles. The van der Waals surface area contributed by atoms with Crippen molar-refractivity contribution in [1.82, 2.24) is 18.3 Å². The zero-order valence-corrected chi connectivity index (χ0v) is 54.0. The minimum absolute atomic E-state index is 0.328. The second-order valence-corrected chi connectivity index (χ2v) is 26.7. The summed E-state index contributed by atoms with van der Waals surface area (Å²) >= 11 is 0. The van der Waals surface area contributed by atoms with Crippen LogP contribution in [0.2, 0.25) is 0 Å². The Labute approximate surface area is 576 Å². The molecule has 15 aromatic carbocycles. The van der Waals surface area contributed by atoms with Crippen LogP contribution in [0.5, 0.6) is 0 Å². The summed E-state index contributed by atoms with van der Waals surface area (Å²) in [5.74, 6) is 0. The van der Waals surface area contributed by atoms with E-state index in [0.29, 0.717) is 34.0 Å². The topological polar surface area (TPSA) is 47.9 Å². The van der Waals surface area contributed by atoms with Gasteiger partial charge in [0, 0.05) is 43.1 Å². The standard InChI is InChI=1S/C94H56N6/c1-96-88-89(99-84-52-28-20-44-69(84)73-54-71-63-38-14-22-46-76(63)93(78(71)56-86(73)99,59-30-6-2-7-31-59)60-32-8-3-9-33-60)75(58-95)90(97-80-48-24-16-40-65(80)66-41-17-25-49-81(66)97)92(91(88)98-82-50-26-18-42-67(82)68-43-19-27-51-83(68)98)100-85-53-29-21-45-70(85)74-55-72-64-39-15-23-47-77(64)94(79(72)57-87(74)100,61-34-10-4-11-35-61)62-36-12-5-13-37-62/h2-57H. The molecule has 0 atom stereocenters. The van der Waals surface area contributed by atoms with Gasteiger partial charge >= 0.3 is 0 Å². The van der Waals surface area contributed by atoms with Gasteiger partial charge in [-0.15, -0.1) is 0 Å².